The molecule has 0 bridgehead atoms. The van der Waals surface area contributed by atoms with Crippen LogP contribution in [0.3, 0.4) is 0 Å². The molecule has 1 heterocycles. The lowest BCUT2D eigenvalue weighted by Gasteiger charge is -2.13. The molecule has 1 aliphatic rings. The number of carbonyl (C=O) groups is 2. The summed E-state index contributed by atoms with van der Waals surface area (Å²) >= 11 is 0. The van der Waals surface area contributed by atoms with Crippen molar-refractivity contribution >= 4 is 11.8 Å². The van der Waals surface area contributed by atoms with Crippen LogP contribution in [0.1, 0.15) is 26.2 Å². The van der Waals surface area contributed by atoms with Crippen LogP contribution in [-0.2, 0) is 14.3 Å². The van der Waals surface area contributed by atoms with Crippen LogP contribution in [0.25, 0.3) is 0 Å². The molecule has 2 unspecified atom stereocenters. The Morgan fingerprint density at radius 2 is 2.21 bits per heavy atom. The molecule has 0 aromatic heterocycles. The van der Waals surface area contributed by atoms with Crippen molar-refractivity contribution in [2.45, 2.75) is 38.4 Å². The van der Waals surface area contributed by atoms with Crippen molar-refractivity contribution in [1.29, 1.82) is 0 Å². The van der Waals surface area contributed by atoms with Gasteiger partial charge in [-0.1, -0.05) is 12.2 Å². The molecule has 1 N–H and O–H groups in total. The second-order valence-electron chi connectivity index (χ2n) is 3.45. The van der Waals surface area contributed by atoms with Crippen LogP contribution in [-0.4, -0.2) is 29.1 Å². The maximum atomic E-state index is 11.1. The number of aliphatic hydroxyl groups is 1. The molecule has 0 spiro atoms. The lowest BCUT2D eigenvalue weighted by Crippen LogP contribution is -2.21. The van der Waals surface area contributed by atoms with Gasteiger partial charge in [0.2, 0.25) is 0 Å². The molecule has 4 nitrogen and oxygen atoms in total. The Bertz CT molecular complexity index is 257. The minimum absolute atomic E-state index is 0.0139. The zero-order valence-electron chi connectivity index (χ0n) is 8.10. The Morgan fingerprint density at radius 1 is 1.50 bits per heavy atom. The summed E-state index contributed by atoms with van der Waals surface area (Å²) < 4.78 is 4.94. The molecule has 0 aliphatic carbocycles. The van der Waals surface area contributed by atoms with E-state index in [-0.39, 0.29) is 24.7 Å². The average Bonchev–Trinajstić information content (AvgIpc) is 2.01. The van der Waals surface area contributed by atoms with Crippen molar-refractivity contribution in [2.24, 2.45) is 0 Å². The van der Waals surface area contributed by atoms with E-state index in [0.717, 1.165) is 0 Å². The largest absolute Gasteiger partial charge is 0.462 e. The van der Waals surface area contributed by atoms with Crippen LogP contribution in [0.2, 0.25) is 0 Å². The first-order valence-corrected chi connectivity index (χ1v) is 4.64. The van der Waals surface area contributed by atoms with Gasteiger partial charge in [0.05, 0.1) is 6.10 Å². The molecule has 2 atom stereocenters. The summed E-state index contributed by atoms with van der Waals surface area (Å²) in [6.45, 7) is 1.75. The highest BCUT2D eigenvalue weighted by atomic mass is 16.5. The Balaban J connectivity index is 2.65. The summed E-state index contributed by atoms with van der Waals surface area (Å²) in [7, 11) is 0. The molecule has 78 valence electrons. The first-order chi connectivity index (χ1) is 6.58. The highest BCUT2D eigenvalue weighted by Crippen LogP contribution is 2.07. The number of aliphatic hydroxyl groups excluding tert-OH is 1. The van der Waals surface area contributed by atoms with Crippen LogP contribution in [0.5, 0.6) is 0 Å². The van der Waals surface area contributed by atoms with Crippen LogP contribution >= 0.6 is 0 Å². The van der Waals surface area contributed by atoms with Gasteiger partial charge in [-0.2, -0.15) is 0 Å². The Morgan fingerprint density at radius 3 is 2.93 bits per heavy atom. The fourth-order valence-electron chi connectivity index (χ4n) is 1.28. The van der Waals surface area contributed by atoms with E-state index in [1.807, 2.05) is 0 Å². The fraction of sp³-hybridized carbons (Fsp3) is 0.600. The van der Waals surface area contributed by atoms with Gasteiger partial charge in [-0.25, -0.2) is 0 Å². The molecular weight excluding hydrogens is 184 g/mol. The molecule has 0 saturated carbocycles. The smallest absolute Gasteiger partial charge is 0.313 e. The molecule has 4 heteroatoms. The second-order valence-corrected chi connectivity index (χ2v) is 3.45. The van der Waals surface area contributed by atoms with Crippen LogP contribution in [0.15, 0.2) is 12.2 Å². The van der Waals surface area contributed by atoms with Gasteiger partial charge in [0, 0.05) is 12.8 Å². The summed E-state index contributed by atoms with van der Waals surface area (Å²) in [4.78, 5) is 22.2. The van der Waals surface area contributed by atoms with Crippen molar-refractivity contribution in [1.82, 2.24) is 0 Å². The molecule has 0 amide bonds. The van der Waals surface area contributed by atoms with E-state index in [4.69, 9.17) is 4.74 Å². The van der Waals surface area contributed by atoms with Gasteiger partial charge in [0.25, 0.3) is 0 Å². The van der Waals surface area contributed by atoms with Gasteiger partial charge in [0.1, 0.15) is 18.3 Å². The third-order valence-electron chi connectivity index (χ3n) is 1.94. The van der Waals surface area contributed by atoms with Gasteiger partial charge >= 0.3 is 5.97 Å². The number of Topliss-reactive ketones (excluding diaryl/α,β-unsaturated/α-hetero) is 1. The third kappa shape index (κ3) is 3.70. The lowest BCUT2D eigenvalue weighted by atomic mass is 10.1. The van der Waals surface area contributed by atoms with Gasteiger partial charge in [-0.05, 0) is 6.92 Å². The number of carbonyl (C=O) groups excluding carboxylic acids is 2. The molecule has 0 saturated heterocycles. The number of rotatable bonds is 0. The van der Waals surface area contributed by atoms with E-state index in [1.54, 1.807) is 19.1 Å². The minimum Gasteiger partial charge on any atom is -0.462 e. The summed E-state index contributed by atoms with van der Waals surface area (Å²) in [5, 5.41) is 9.31. The standard InChI is InChI=1S/C10H14O4/c1-7-3-2-4-8(11)5-9(12)6-10(13)14-7/h2,4,7-8,11H,3,5-6H2,1H3/b4-2-. The molecule has 0 radical (unpaired) electrons. The van der Waals surface area contributed by atoms with Gasteiger partial charge in [0.15, 0.2) is 0 Å². The topological polar surface area (TPSA) is 63.6 Å². The van der Waals surface area contributed by atoms with Crippen LogP contribution in [0.4, 0.5) is 0 Å². The van der Waals surface area contributed by atoms with E-state index in [1.165, 1.54) is 0 Å². The fourth-order valence-corrected chi connectivity index (χ4v) is 1.28. The number of ether oxygens (including phenoxy) is 1. The molecule has 1 aliphatic heterocycles. The van der Waals surface area contributed by atoms with Crippen molar-refractivity contribution in [2.75, 3.05) is 0 Å². The quantitative estimate of drug-likeness (QED) is 0.351. The van der Waals surface area contributed by atoms with E-state index >= 15 is 0 Å². The number of cyclic esters (lactones) is 1. The van der Waals surface area contributed by atoms with E-state index < -0.39 is 12.1 Å². The van der Waals surface area contributed by atoms with Crippen molar-refractivity contribution in [3.8, 4) is 0 Å². The summed E-state index contributed by atoms with van der Waals surface area (Å²) in [5.41, 5.74) is 0. The molecule has 14 heavy (non-hydrogen) atoms. The highest BCUT2D eigenvalue weighted by molar-refractivity contribution is 5.95. The zero-order valence-corrected chi connectivity index (χ0v) is 8.10. The summed E-state index contributed by atoms with van der Waals surface area (Å²) in [5.74, 6) is -0.800. The Labute approximate surface area is 82.6 Å². The zero-order chi connectivity index (χ0) is 10.6. The average molecular weight is 198 g/mol. The van der Waals surface area contributed by atoms with Gasteiger partial charge in [-0.3, -0.25) is 9.59 Å². The Hall–Kier alpha value is -1.16. The van der Waals surface area contributed by atoms with Gasteiger partial charge in [-0.15, -0.1) is 0 Å². The van der Waals surface area contributed by atoms with Crippen molar-refractivity contribution in [3.63, 3.8) is 0 Å². The summed E-state index contributed by atoms with van der Waals surface area (Å²) in [6, 6.07) is 0. The summed E-state index contributed by atoms with van der Waals surface area (Å²) in [6.07, 6.45) is 2.58. The number of ketones is 1. The predicted octanol–water partition coefficient (Wildman–Crippen LogP) is 0.588. The monoisotopic (exact) mass is 198 g/mol. The maximum absolute atomic E-state index is 11.1. The first kappa shape index (κ1) is 10.9. The number of hydrogen-bond donors (Lipinski definition) is 1. The highest BCUT2D eigenvalue weighted by Gasteiger charge is 2.17. The molecule has 1 rings (SSSR count). The molecular formula is C10H14O4. The SMILES string of the molecule is CC1C/C=C\C(O)CC(=O)CC(=O)O1. The van der Waals surface area contributed by atoms with Crippen molar-refractivity contribution < 1.29 is 19.4 Å². The molecule has 0 fully saturated rings. The predicted molar refractivity (Wildman–Crippen MR) is 49.6 cm³/mol. The maximum Gasteiger partial charge on any atom is 0.313 e. The third-order valence-corrected chi connectivity index (χ3v) is 1.94. The van der Waals surface area contributed by atoms with Crippen LogP contribution in [0, 0.1) is 0 Å². The molecule has 0 aromatic rings. The van der Waals surface area contributed by atoms with E-state index in [2.05, 4.69) is 0 Å². The van der Waals surface area contributed by atoms with E-state index in [9.17, 15) is 14.7 Å². The first-order valence-electron chi connectivity index (χ1n) is 4.64. The lowest BCUT2D eigenvalue weighted by molar-refractivity contribution is -0.150. The molecule has 0 aromatic carbocycles. The number of hydrogen-bond acceptors (Lipinski definition) is 4. The van der Waals surface area contributed by atoms with Crippen LogP contribution < -0.4 is 0 Å². The minimum atomic E-state index is -0.777. The Kier molecular flexibility index (Phi) is 3.83. The van der Waals surface area contributed by atoms with Gasteiger partial charge < -0.3 is 9.84 Å². The normalized spacial score (nSPS) is 32.1. The second kappa shape index (κ2) is 4.91. The van der Waals surface area contributed by atoms with Crippen molar-refractivity contribution in [3.05, 3.63) is 12.2 Å². The number of esters is 1. The van der Waals surface area contributed by atoms with E-state index in [0.29, 0.717) is 6.42 Å².